The molecule has 3 heterocycles. The third-order valence-corrected chi connectivity index (χ3v) is 14.0. The lowest BCUT2D eigenvalue weighted by atomic mass is 9.78. The minimum absolute atomic E-state index is 0.127. The zero-order chi connectivity index (χ0) is 43.9. The van der Waals surface area contributed by atoms with Crippen LogP contribution in [0.1, 0.15) is 49.9 Å². The fourth-order valence-electron chi connectivity index (χ4n) is 10.6. The van der Waals surface area contributed by atoms with Crippen LogP contribution in [-0.4, -0.2) is 16.2 Å². The topological polar surface area (TPSA) is 33.5 Å². The van der Waals surface area contributed by atoms with Crippen molar-refractivity contribution in [2.45, 2.75) is 38.5 Å². The van der Waals surface area contributed by atoms with Crippen LogP contribution in [0.2, 0.25) is 0 Å². The molecule has 0 atom stereocenters. The van der Waals surface area contributed by atoms with E-state index in [1.807, 2.05) is 6.20 Å². The molecular formula is C60H48N4O. The molecule has 2 aliphatic rings. The van der Waals surface area contributed by atoms with Crippen LogP contribution in [0.5, 0.6) is 11.5 Å². The number of fused-ring (bicyclic) bond motifs is 7. The van der Waals surface area contributed by atoms with E-state index in [4.69, 9.17) is 9.72 Å². The Labute approximate surface area is 380 Å². The van der Waals surface area contributed by atoms with E-state index in [0.717, 1.165) is 45.1 Å². The second-order valence-electron chi connectivity index (χ2n) is 18.4. The Morgan fingerprint density at radius 3 is 2.05 bits per heavy atom. The monoisotopic (exact) mass is 840 g/mol. The van der Waals surface area contributed by atoms with Crippen molar-refractivity contribution in [1.82, 2.24) is 9.55 Å². The van der Waals surface area contributed by atoms with Gasteiger partial charge >= 0.3 is 0 Å². The van der Waals surface area contributed by atoms with Gasteiger partial charge in [0.15, 0.2) is 0 Å². The molecule has 2 aromatic heterocycles. The Morgan fingerprint density at radius 1 is 0.523 bits per heavy atom. The quantitative estimate of drug-likeness (QED) is 0.153. The number of aromatic nitrogens is 2. The van der Waals surface area contributed by atoms with Crippen molar-refractivity contribution < 1.29 is 4.74 Å². The van der Waals surface area contributed by atoms with E-state index in [2.05, 4.69) is 242 Å². The second-order valence-corrected chi connectivity index (χ2v) is 18.4. The number of anilines is 4. The van der Waals surface area contributed by atoms with Gasteiger partial charge in [-0.3, -0.25) is 4.57 Å². The van der Waals surface area contributed by atoms with Crippen LogP contribution in [0.15, 0.2) is 206 Å². The lowest BCUT2D eigenvalue weighted by Gasteiger charge is -2.28. The summed E-state index contributed by atoms with van der Waals surface area (Å²) in [5.74, 6) is 2.41. The van der Waals surface area contributed by atoms with Gasteiger partial charge in [0.1, 0.15) is 24.0 Å². The summed E-state index contributed by atoms with van der Waals surface area (Å²) in [6.45, 7) is 9.92. The molecule has 0 bridgehead atoms. The van der Waals surface area contributed by atoms with Crippen LogP contribution in [0, 0.1) is 0 Å². The predicted molar refractivity (Wildman–Crippen MR) is 269 cm³/mol. The van der Waals surface area contributed by atoms with Gasteiger partial charge in [-0.2, -0.15) is 0 Å². The van der Waals surface area contributed by atoms with Crippen molar-refractivity contribution >= 4 is 44.6 Å². The van der Waals surface area contributed by atoms with Crippen molar-refractivity contribution in [3.8, 4) is 39.6 Å². The molecular weight excluding hydrogens is 793 g/mol. The number of para-hydroxylation sites is 3. The van der Waals surface area contributed by atoms with Gasteiger partial charge in [0.2, 0.25) is 0 Å². The van der Waals surface area contributed by atoms with Gasteiger partial charge in [0, 0.05) is 56.7 Å². The molecule has 0 saturated heterocycles. The number of pyridine rings is 1. The molecule has 314 valence electrons. The highest BCUT2D eigenvalue weighted by atomic mass is 16.5. The van der Waals surface area contributed by atoms with Crippen molar-refractivity contribution in [2.75, 3.05) is 16.5 Å². The fourth-order valence-corrected chi connectivity index (χ4v) is 10.6. The normalized spacial score (nSPS) is 13.8. The number of ether oxygens (including phenoxy) is 1. The average molecular weight is 841 g/mol. The minimum Gasteiger partial charge on any atom is -0.457 e. The SMILES string of the molecule is CC(C)(c1ccccc1)c1ccnc(-n2c3ccccc3c3ccc(Oc4cccc(N5CN(c6c(-c7ccccc7)ccc7c6-c6ccccc6C7(C)C)c6ccccc65)c4)cc32)c1. The minimum atomic E-state index is -0.211. The highest BCUT2D eigenvalue weighted by Crippen LogP contribution is 2.57. The van der Waals surface area contributed by atoms with E-state index < -0.39 is 0 Å². The summed E-state index contributed by atoms with van der Waals surface area (Å²) in [4.78, 5) is 9.92. The third-order valence-electron chi connectivity index (χ3n) is 14.0. The molecule has 1 aliphatic heterocycles. The van der Waals surface area contributed by atoms with E-state index in [1.165, 1.54) is 61.3 Å². The Morgan fingerprint density at radius 2 is 1.22 bits per heavy atom. The Balaban J connectivity index is 0.926. The summed E-state index contributed by atoms with van der Waals surface area (Å²) in [6.07, 6.45) is 1.94. The van der Waals surface area contributed by atoms with Gasteiger partial charge in [-0.25, -0.2) is 4.98 Å². The first-order chi connectivity index (χ1) is 31.8. The molecule has 0 amide bonds. The Hall–Kier alpha value is -7.89. The van der Waals surface area contributed by atoms with E-state index in [-0.39, 0.29) is 10.8 Å². The Kier molecular flexibility index (Phi) is 8.86. The molecule has 0 fully saturated rings. The van der Waals surface area contributed by atoms with Crippen LogP contribution in [0.25, 0.3) is 49.9 Å². The maximum Gasteiger partial charge on any atom is 0.137 e. The summed E-state index contributed by atoms with van der Waals surface area (Å²) < 4.78 is 9.11. The van der Waals surface area contributed by atoms with Crippen LogP contribution in [0.4, 0.5) is 22.7 Å². The molecule has 12 rings (SSSR count). The molecule has 0 radical (unpaired) electrons. The molecule has 10 aromatic rings. The highest BCUT2D eigenvalue weighted by molar-refractivity contribution is 6.09. The van der Waals surface area contributed by atoms with E-state index in [0.29, 0.717) is 6.67 Å². The van der Waals surface area contributed by atoms with Gasteiger partial charge in [-0.15, -0.1) is 0 Å². The first-order valence-electron chi connectivity index (χ1n) is 22.6. The third kappa shape index (κ3) is 6.17. The maximum absolute atomic E-state index is 6.83. The maximum atomic E-state index is 6.83. The molecule has 1 aliphatic carbocycles. The average Bonchev–Trinajstić information content (AvgIpc) is 3.97. The largest absolute Gasteiger partial charge is 0.457 e. The van der Waals surface area contributed by atoms with Crippen LogP contribution < -0.4 is 14.5 Å². The highest BCUT2D eigenvalue weighted by Gasteiger charge is 2.40. The first-order valence-corrected chi connectivity index (χ1v) is 22.6. The van der Waals surface area contributed by atoms with E-state index >= 15 is 0 Å². The number of nitrogens with zero attached hydrogens (tertiary/aromatic N) is 4. The van der Waals surface area contributed by atoms with E-state index in [9.17, 15) is 0 Å². The molecule has 65 heavy (non-hydrogen) atoms. The van der Waals surface area contributed by atoms with Crippen molar-refractivity contribution in [2.24, 2.45) is 0 Å². The van der Waals surface area contributed by atoms with Gasteiger partial charge in [0.05, 0.1) is 28.1 Å². The number of benzene rings is 8. The lowest BCUT2D eigenvalue weighted by molar-refractivity contribution is 0.483. The molecule has 0 spiro atoms. The zero-order valence-corrected chi connectivity index (χ0v) is 37.0. The number of hydrogen-bond acceptors (Lipinski definition) is 4. The summed E-state index contributed by atoms with van der Waals surface area (Å²) >= 11 is 0. The zero-order valence-electron chi connectivity index (χ0n) is 37.0. The fraction of sp³-hybridized carbons (Fsp3) is 0.117. The summed E-state index contributed by atoms with van der Waals surface area (Å²) in [5.41, 5.74) is 16.7. The molecule has 0 saturated carbocycles. The molecule has 0 unspecified atom stereocenters. The number of hydrogen-bond donors (Lipinski definition) is 0. The van der Waals surface area contributed by atoms with E-state index in [1.54, 1.807) is 0 Å². The summed E-state index contributed by atoms with van der Waals surface area (Å²) in [7, 11) is 0. The second kappa shape index (κ2) is 14.9. The van der Waals surface area contributed by atoms with Crippen molar-refractivity contribution in [3.63, 3.8) is 0 Å². The number of rotatable bonds is 8. The van der Waals surface area contributed by atoms with Crippen LogP contribution >= 0.6 is 0 Å². The predicted octanol–water partition coefficient (Wildman–Crippen LogP) is 15.5. The molecule has 5 heteroatoms. The smallest absolute Gasteiger partial charge is 0.137 e. The molecule has 0 N–H and O–H groups in total. The van der Waals surface area contributed by atoms with Crippen molar-refractivity contribution in [1.29, 1.82) is 0 Å². The molecule has 8 aromatic carbocycles. The lowest BCUT2D eigenvalue weighted by Crippen LogP contribution is -2.25. The van der Waals surface area contributed by atoms with Crippen LogP contribution in [0.3, 0.4) is 0 Å². The van der Waals surface area contributed by atoms with Gasteiger partial charge in [0.25, 0.3) is 0 Å². The van der Waals surface area contributed by atoms with Crippen LogP contribution in [-0.2, 0) is 10.8 Å². The molecule has 5 nitrogen and oxygen atoms in total. The standard InChI is InChI=1S/C60H48N4O/c1-59(2,41-20-9-6-10-21-41)42-34-35-61-56(36-42)64-52-27-14-12-24-47(52)48-31-30-45(38-55(48)64)65-44-23-17-22-43(37-44)62-39-63(54-29-16-15-28-53(54)62)58-46(40-18-7-5-8-19-40)32-33-51-57(58)49-25-11-13-26-50(49)60(51,3)4/h5-38H,39H2,1-4H3. The van der Waals surface area contributed by atoms with Crippen molar-refractivity contribution in [3.05, 3.63) is 229 Å². The summed E-state index contributed by atoms with van der Waals surface area (Å²) in [6, 6.07) is 71.9. The Bertz CT molecular complexity index is 3460. The van der Waals surface area contributed by atoms with Gasteiger partial charge in [-0.1, -0.05) is 161 Å². The van der Waals surface area contributed by atoms with Gasteiger partial charge in [-0.05, 0) is 88.0 Å². The first kappa shape index (κ1) is 38.8. The summed E-state index contributed by atoms with van der Waals surface area (Å²) in [5, 5.41) is 2.33. The van der Waals surface area contributed by atoms with Gasteiger partial charge < -0.3 is 14.5 Å².